The van der Waals surface area contributed by atoms with Gasteiger partial charge in [0.2, 0.25) is 5.90 Å². The average Bonchev–Trinajstić information content (AvgIpc) is 3.15. The Morgan fingerprint density at radius 3 is 2.14 bits per heavy atom. The van der Waals surface area contributed by atoms with Crippen molar-refractivity contribution in [1.82, 2.24) is 0 Å². The molecule has 4 aromatic carbocycles. The highest BCUT2D eigenvalue weighted by molar-refractivity contribution is 6.13. The van der Waals surface area contributed by atoms with Gasteiger partial charge in [-0.05, 0) is 45.7 Å². The van der Waals surface area contributed by atoms with Gasteiger partial charge in [-0.2, -0.15) is 0 Å². The number of cyclic esters (lactones) is 1. The lowest BCUT2D eigenvalue weighted by Gasteiger charge is -2.03. The molecule has 0 fully saturated rings. The van der Waals surface area contributed by atoms with E-state index in [2.05, 4.69) is 17.1 Å². The van der Waals surface area contributed by atoms with Crippen molar-refractivity contribution in [1.29, 1.82) is 0 Å². The van der Waals surface area contributed by atoms with Crippen molar-refractivity contribution in [3.63, 3.8) is 0 Å². The van der Waals surface area contributed by atoms with E-state index in [1.54, 1.807) is 6.08 Å². The van der Waals surface area contributed by atoms with Crippen LogP contribution in [0.1, 0.15) is 11.1 Å². The van der Waals surface area contributed by atoms with E-state index in [-0.39, 0.29) is 0 Å². The Morgan fingerprint density at radius 2 is 1.31 bits per heavy atom. The largest absolute Gasteiger partial charge is 0.402 e. The predicted molar refractivity (Wildman–Crippen MR) is 116 cm³/mol. The second-order valence-electron chi connectivity index (χ2n) is 6.85. The van der Waals surface area contributed by atoms with E-state index in [1.807, 2.05) is 84.9 Å². The molecule has 29 heavy (non-hydrogen) atoms. The molecule has 0 spiro atoms. The van der Waals surface area contributed by atoms with Crippen LogP contribution in [-0.2, 0) is 9.53 Å². The zero-order valence-corrected chi connectivity index (χ0v) is 15.6. The Bertz CT molecular complexity index is 1260. The monoisotopic (exact) mass is 375 g/mol. The summed E-state index contributed by atoms with van der Waals surface area (Å²) < 4.78 is 5.43. The third-order valence-electron chi connectivity index (χ3n) is 4.98. The second-order valence-corrected chi connectivity index (χ2v) is 6.85. The molecule has 1 aliphatic rings. The Morgan fingerprint density at radius 1 is 0.655 bits per heavy atom. The molecule has 5 rings (SSSR count). The number of esters is 1. The maximum absolute atomic E-state index is 12.4. The van der Waals surface area contributed by atoms with Crippen LogP contribution in [0.2, 0.25) is 0 Å². The molecule has 3 heteroatoms. The number of aliphatic imine (C=N–C) groups is 1. The fourth-order valence-corrected chi connectivity index (χ4v) is 3.49. The fourth-order valence-electron chi connectivity index (χ4n) is 3.49. The quantitative estimate of drug-likeness (QED) is 0.333. The molecule has 0 aromatic heterocycles. The molecule has 0 saturated heterocycles. The molecule has 0 saturated carbocycles. The summed E-state index contributed by atoms with van der Waals surface area (Å²) in [6, 6.07) is 32.1. The summed E-state index contributed by atoms with van der Waals surface area (Å²) in [4.78, 5) is 16.8. The minimum atomic E-state index is -0.430. The van der Waals surface area contributed by atoms with Gasteiger partial charge in [-0.15, -0.1) is 0 Å². The molecule has 3 nitrogen and oxygen atoms in total. The van der Waals surface area contributed by atoms with Crippen molar-refractivity contribution in [2.45, 2.75) is 0 Å². The van der Waals surface area contributed by atoms with Gasteiger partial charge in [-0.25, -0.2) is 9.79 Å². The highest BCUT2D eigenvalue weighted by Crippen LogP contribution is 2.25. The van der Waals surface area contributed by atoms with Crippen LogP contribution >= 0.6 is 0 Å². The van der Waals surface area contributed by atoms with Gasteiger partial charge in [0.05, 0.1) is 0 Å². The summed E-state index contributed by atoms with van der Waals surface area (Å²) in [5.41, 5.74) is 4.27. The number of benzene rings is 4. The summed E-state index contributed by atoms with van der Waals surface area (Å²) in [6.45, 7) is 0. The van der Waals surface area contributed by atoms with Gasteiger partial charge >= 0.3 is 5.97 Å². The van der Waals surface area contributed by atoms with Gasteiger partial charge in [0.1, 0.15) is 0 Å². The number of ether oxygens (including phenoxy) is 1. The number of carbonyl (C=O) groups is 1. The van der Waals surface area contributed by atoms with E-state index in [0.29, 0.717) is 11.6 Å². The van der Waals surface area contributed by atoms with Gasteiger partial charge in [-0.3, -0.25) is 0 Å². The normalized spacial score (nSPS) is 14.8. The lowest BCUT2D eigenvalue weighted by atomic mass is 10.0. The molecular formula is C26H17NO2. The van der Waals surface area contributed by atoms with Gasteiger partial charge in [-0.1, -0.05) is 84.9 Å². The maximum Gasteiger partial charge on any atom is 0.363 e. The average molecular weight is 375 g/mol. The summed E-state index contributed by atoms with van der Waals surface area (Å²) >= 11 is 0. The Balaban J connectivity index is 1.48. The van der Waals surface area contributed by atoms with Crippen LogP contribution in [0.4, 0.5) is 0 Å². The first kappa shape index (κ1) is 17.1. The zero-order valence-electron chi connectivity index (χ0n) is 15.6. The minimum Gasteiger partial charge on any atom is -0.402 e. The fraction of sp³-hybridized carbons (Fsp3) is 0. The van der Waals surface area contributed by atoms with Gasteiger partial charge in [0.25, 0.3) is 0 Å². The lowest BCUT2D eigenvalue weighted by molar-refractivity contribution is -0.129. The van der Waals surface area contributed by atoms with Crippen molar-refractivity contribution in [2.75, 3.05) is 0 Å². The molecule has 0 bridgehead atoms. The molecule has 0 radical (unpaired) electrons. The highest BCUT2D eigenvalue weighted by Gasteiger charge is 2.24. The van der Waals surface area contributed by atoms with E-state index in [1.165, 1.54) is 0 Å². The van der Waals surface area contributed by atoms with Crippen molar-refractivity contribution >= 4 is 28.7 Å². The van der Waals surface area contributed by atoms with Crippen molar-refractivity contribution in [2.24, 2.45) is 4.99 Å². The summed E-state index contributed by atoms with van der Waals surface area (Å²) in [5, 5.41) is 2.19. The number of hydrogen-bond donors (Lipinski definition) is 0. The van der Waals surface area contributed by atoms with Crippen LogP contribution in [0, 0.1) is 0 Å². The van der Waals surface area contributed by atoms with Crippen LogP contribution in [-0.4, -0.2) is 11.9 Å². The number of nitrogens with zero attached hydrogens (tertiary/aromatic N) is 1. The molecule has 0 atom stereocenters. The Kier molecular flexibility index (Phi) is 4.26. The highest BCUT2D eigenvalue weighted by atomic mass is 16.6. The molecule has 4 aromatic rings. The Hall–Kier alpha value is -3.98. The molecule has 0 unspecified atom stereocenters. The topological polar surface area (TPSA) is 38.7 Å². The van der Waals surface area contributed by atoms with E-state index >= 15 is 0 Å². The molecule has 1 heterocycles. The maximum atomic E-state index is 12.4. The van der Waals surface area contributed by atoms with Gasteiger partial charge in [0, 0.05) is 5.56 Å². The smallest absolute Gasteiger partial charge is 0.363 e. The van der Waals surface area contributed by atoms with Gasteiger partial charge < -0.3 is 4.74 Å². The molecular weight excluding hydrogens is 358 g/mol. The number of hydrogen-bond acceptors (Lipinski definition) is 3. The minimum absolute atomic E-state index is 0.309. The molecule has 0 N–H and O–H groups in total. The third-order valence-corrected chi connectivity index (χ3v) is 4.98. The molecule has 1 aliphatic heterocycles. The number of fused-ring (bicyclic) bond motifs is 1. The summed E-state index contributed by atoms with van der Waals surface area (Å²) in [7, 11) is 0. The first-order valence-corrected chi connectivity index (χ1v) is 9.44. The SMILES string of the molecule is O=C1OC(c2ccc(-c3ccccc3)cc2)=N/C1=C/c1cccc2ccccc12. The van der Waals surface area contributed by atoms with Crippen LogP contribution in [0.25, 0.3) is 28.0 Å². The lowest BCUT2D eigenvalue weighted by Crippen LogP contribution is -2.05. The second kappa shape index (κ2) is 7.21. The van der Waals surface area contributed by atoms with E-state index in [9.17, 15) is 4.79 Å². The zero-order chi connectivity index (χ0) is 19.6. The molecule has 0 amide bonds. The Labute approximate surface area is 168 Å². The number of rotatable bonds is 3. The number of carbonyl (C=O) groups excluding carboxylic acids is 1. The van der Waals surface area contributed by atoms with E-state index in [0.717, 1.165) is 33.0 Å². The van der Waals surface area contributed by atoms with E-state index < -0.39 is 5.97 Å². The van der Waals surface area contributed by atoms with Crippen molar-refractivity contribution < 1.29 is 9.53 Å². The standard InChI is InChI=1S/C26H17NO2/c28-26-24(17-22-11-6-10-20-9-4-5-12-23(20)22)27-25(29-26)21-15-13-19(14-16-21)18-7-2-1-3-8-18/h1-17H/b24-17+. The predicted octanol–water partition coefficient (Wildman–Crippen LogP) is 5.85. The van der Waals surface area contributed by atoms with E-state index in [4.69, 9.17) is 4.74 Å². The van der Waals surface area contributed by atoms with Crippen LogP contribution in [0.5, 0.6) is 0 Å². The molecule has 0 aliphatic carbocycles. The summed E-state index contributed by atoms with van der Waals surface area (Å²) in [6.07, 6.45) is 1.79. The third kappa shape index (κ3) is 3.34. The van der Waals surface area contributed by atoms with Crippen LogP contribution < -0.4 is 0 Å². The van der Waals surface area contributed by atoms with Crippen molar-refractivity contribution in [3.05, 3.63) is 114 Å². The van der Waals surface area contributed by atoms with Gasteiger partial charge in [0.15, 0.2) is 5.70 Å². The summed E-state index contributed by atoms with van der Waals surface area (Å²) in [5.74, 6) is -0.0961. The van der Waals surface area contributed by atoms with Crippen molar-refractivity contribution in [3.8, 4) is 11.1 Å². The van der Waals surface area contributed by atoms with Crippen LogP contribution in [0.15, 0.2) is 108 Å². The molecule has 138 valence electrons. The first-order valence-electron chi connectivity index (χ1n) is 9.44. The van der Waals surface area contributed by atoms with Crippen LogP contribution in [0.3, 0.4) is 0 Å². The first-order chi connectivity index (χ1) is 14.3.